The van der Waals surface area contributed by atoms with E-state index in [-0.39, 0.29) is 23.5 Å². The molecule has 0 atom stereocenters. The van der Waals surface area contributed by atoms with Gasteiger partial charge in [0.15, 0.2) is 0 Å². The van der Waals surface area contributed by atoms with Crippen molar-refractivity contribution in [2.75, 3.05) is 29.6 Å². The van der Waals surface area contributed by atoms with Crippen molar-refractivity contribution in [2.45, 2.75) is 66.4 Å². The normalized spacial score (nSPS) is 11.2. The summed E-state index contributed by atoms with van der Waals surface area (Å²) in [5.74, 6) is -0.0718. The average Bonchev–Trinajstić information content (AvgIpc) is 3.00. The van der Waals surface area contributed by atoms with E-state index in [0.717, 1.165) is 16.3 Å². The monoisotopic (exact) mass is 629 g/mol. The third-order valence-corrected chi connectivity index (χ3v) is 6.68. The van der Waals surface area contributed by atoms with Gasteiger partial charge in [0, 0.05) is 23.2 Å². The van der Waals surface area contributed by atoms with Crippen molar-refractivity contribution in [1.29, 1.82) is 0 Å². The number of amides is 2. The molecule has 0 aliphatic heterocycles. The van der Waals surface area contributed by atoms with Crippen molar-refractivity contribution in [3.63, 3.8) is 0 Å². The van der Waals surface area contributed by atoms with E-state index in [0.29, 0.717) is 28.3 Å². The molecule has 3 N–H and O–H groups in total. The minimum atomic E-state index is -0.686. The van der Waals surface area contributed by atoms with Gasteiger partial charge in [0.05, 0.1) is 23.4 Å². The summed E-state index contributed by atoms with van der Waals surface area (Å²) in [5.41, 5.74) is 2.20. The number of hydrogen-bond donors (Lipinski definition) is 3. The van der Waals surface area contributed by atoms with Crippen molar-refractivity contribution in [3.8, 4) is 16.9 Å². The molecule has 0 fully saturated rings. The number of carbonyl (C=O) groups is 2. The number of methoxy groups -OCH3 is 1. The van der Waals surface area contributed by atoms with Crippen molar-refractivity contribution in [2.24, 2.45) is 0 Å². The van der Waals surface area contributed by atoms with Gasteiger partial charge in [0.1, 0.15) is 17.9 Å². The van der Waals surface area contributed by atoms with Gasteiger partial charge in [-0.15, -0.1) is 0 Å². The van der Waals surface area contributed by atoms with Gasteiger partial charge < -0.3 is 25.4 Å². The van der Waals surface area contributed by atoms with E-state index in [1.54, 1.807) is 40.0 Å². The van der Waals surface area contributed by atoms with Gasteiger partial charge in [-0.05, 0) is 60.9 Å². The number of hydrogen-bond acceptors (Lipinski definition) is 8. The van der Waals surface area contributed by atoms with Gasteiger partial charge in [-0.2, -0.15) is 0 Å². The predicted octanol–water partition coefficient (Wildman–Crippen LogP) is 8.54. The molecule has 1 heterocycles. The maximum Gasteiger partial charge on any atom is 0.325 e. The molecule has 11 nitrogen and oxygen atoms in total. The first-order chi connectivity index (χ1) is 21.7. The Morgan fingerprint density at radius 1 is 0.891 bits per heavy atom. The Kier molecular flexibility index (Phi) is 11.3. The van der Waals surface area contributed by atoms with E-state index in [4.69, 9.17) is 9.47 Å². The van der Waals surface area contributed by atoms with E-state index in [1.165, 1.54) is 12.3 Å². The molecule has 3 aromatic carbocycles. The summed E-state index contributed by atoms with van der Waals surface area (Å²) in [5, 5.41) is 21.9. The molecule has 0 saturated heterocycles. The number of pyridine rings is 1. The molecule has 11 heteroatoms. The molecule has 0 bridgehead atoms. The first-order valence-corrected chi connectivity index (χ1v) is 15.0. The van der Waals surface area contributed by atoms with Crippen LogP contribution in [0.15, 0.2) is 66.9 Å². The molecular weight excluding hydrogens is 586 g/mol. The second kappa shape index (κ2) is 14.7. The molecule has 0 spiro atoms. The van der Waals surface area contributed by atoms with Gasteiger partial charge in [-0.1, -0.05) is 71.0 Å². The Bertz CT molecular complexity index is 1720. The molecule has 46 heavy (non-hydrogen) atoms. The summed E-state index contributed by atoms with van der Waals surface area (Å²) in [6.07, 6.45) is 1.50. The fourth-order valence-electron chi connectivity index (χ4n) is 4.62. The third-order valence-electron chi connectivity index (χ3n) is 6.68. The lowest BCUT2D eigenvalue weighted by molar-refractivity contribution is -0.384. The molecule has 244 valence electrons. The lowest BCUT2D eigenvalue weighted by atomic mass is 9.87. The summed E-state index contributed by atoms with van der Waals surface area (Å²) in [7, 11) is 1.55. The largest absolute Gasteiger partial charge is 0.495 e. The van der Waals surface area contributed by atoms with E-state index in [1.807, 2.05) is 56.3 Å². The van der Waals surface area contributed by atoms with Crippen LogP contribution >= 0.6 is 0 Å². The molecule has 2 amide bonds. The summed E-state index contributed by atoms with van der Waals surface area (Å²) < 4.78 is 10.7. The number of ether oxygens (including phenoxy) is 2. The van der Waals surface area contributed by atoms with Crippen LogP contribution < -0.4 is 20.7 Å². The number of anilines is 3. The number of nitrogens with zero attached hydrogens (tertiary/aromatic N) is 2. The van der Waals surface area contributed by atoms with Crippen LogP contribution in [0, 0.1) is 10.1 Å². The lowest BCUT2D eigenvalue weighted by Crippen LogP contribution is -2.28. The Hall–Kier alpha value is -5.19. The van der Waals surface area contributed by atoms with Crippen LogP contribution in [0.4, 0.5) is 27.7 Å². The van der Waals surface area contributed by atoms with Crippen molar-refractivity contribution < 1.29 is 24.0 Å². The quantitative estimate of drug-likeness (QED) is 0.0999. The fraction of sp³-hybridized carbons (Fsp3) is 0.343. The molecule has 0 aliphatic rings. The van der Waals surface area contributed by atoms with Crippen LogP contribution in [0.2, 0.25) is 0 Å². The van der Waals surface area contributed by atoms with Crippen LogP contribution in [-0.2, 0) is 14.9 Å². The van der Waals surface area contributed by atoms with Gasteiger partial charge in [-0.25, -0.2) is 9.78 Å². The standard InChI is InChI=1S/C33H37N5O6.C2H6/c1-32(2,3)21-12-15-28(43-7)26(17-21)37-31(40)36-25-14-13-22(23-10-8-9-11-24(23)25)20-16-27(38(41)42)30(34-18-20)35-19-29(39)44-33(4,5)6;1-2/h8-18H,19H2,1-7H3,(H,34,35)(H2,36,37,40);1-2H3. The van der Waals surface area contributed by atoms with E-state index < -0.39 is 22.5 Å². The molecule has 0 saturated carbocycles. The first-order valence-electron chi connectivity index (χ1n) is 15.0. The van der Waals surface area contributed by atoms with E-state index >= 15 is 0 Å². The van der Waals surface area contributed by atoms with Crippen LogP contribution in [0.25, 0.3) is 21.9 Å². The zero-order valence-corrected chi connectivity index (χ0v) is 27.9. The summed E-state index contributed by atoms with van der Waals surface area (Å²) >= 11 is 0. The highest BCUT2D eigenvalue weighted by atomic mass is 16.6. The van der Waals surface area contributed by atoms with E-state index in [2.05, 4.69) is 41.7 Å². The zero-order valence-electron chi connectivity index (χ0n) is 27.9. The number of nitrogens with one attached hydrogen (secondary N) is 3. The molecule has 0 radical (unpaired) electrons. The van der Waals surface area contributed by atoms with E-state index in [9.17, 15) is 19.7 Å². The third kappa shape index (κ3) is 8.93. The number of nitro groups is 1. The minimum Gasteiger partial charge on any atom is -0.495 e. The number of esters is 1. The van der Waals surface area contributed by atoms with Crippen LogP contribution in [0.3, 0.4) is 0 Å². The summed E-state index contributed by atoms with van der Waals surface area (Å²) in [4.78, 5) is 40.9. The molecule has 4 aromatic rings. The maximum absolute atomic E-state index is 13.2. The number of fused-ring (bicyclic) bond motifs is 1. The van der Waals surface area contributed by atoms with Crippen LogP contribution in [-0.4, -0.2) is 41.2 Å². The smallest absolute Gasteiger partial charge is 0.325 e. The number of benzene rings is 3. The van der Waals surface area contributed by atoms with Gasteiger partial charge >= 0.3 is 17.7 Å². The topological polar surface area (TPSA) is 145 Å². The second-order valence-corrected chi connectivity index (χ2v) is 12.2. The lowest BCUT2D eigenvalue weighted by Gasteiger charge is -2.21. The number of rotatable bonds is 8. The zero-order chi connectivity index (χ0) is 34.2. The molecule has 1 aromatic heterocycles. The second-order valence-electron chi connectivity index (χ2n) is 12.2. The number of carbonyl (C=O) groups excluding carboxylic acids is 2. The first kappa shape index (κ1) is 35.3. The van der Waals surface area contributed by atoms with Gasteiger partial charge in [-0.3, -0.25) is 14.9 Å². The molecule has 4 rings (SSSR count). The molecule has 0 aliphatic carbocycles. The summed E-state index contributed by atoms with van der Waals surface area (Å²) in [6.45, 7) is 15.2. The Morgan fingerprint density at radius 2 is 1.54 bits per heavy atom. The molecule has 0 unspecified atom stereocenters. The van der Waals surface area contributed by atoms with Gasteiger partial charge in [0.2, 0.25) is 5.82 Å². The highest BCUT2D eigenvalue weighted by Crippen LogP contribution is 2.36. The minimum absolute atomic E-state index is 0.0465. The van der Waals surface area contributed by atoms with Crippen molar-refractivity contribution in [1.82, 2.24) is 4.98 Å². The Morgan fingerprint density at radius 3 is 2.15 bits per heavy atom. The Labute approximate surface area is 269 Å². The SMILES string of the molecule is CC.COc1ccc(C(C)(C)C)cc1NC(=O)Nc1ccc(-c2cnc(NCC(=O)OC(C)(C)C)c([N+](=O)[O-])c2)c2ccccc12. The predicted molar refractivity (Wildman–Crippen MR) is 184 cm³/mol. The number of urea groups is 1. The fourth-order valence-corrected chi connectivity index (χ4v) is 4.62. The Balaban J connectivity index is 0.00000282. The van der Waals surface area contributed by atoms with Crippen molar-refractivity contribution in [3.05, 3.63) is 82.5 Å². The highest BCUT2D eigenvalue weighted by Gasteiger charge is 2.22. The summed E-state index contributed by atoms with van der Waals surface area (Å²) in [6, 6.07) is 17.6. The highest BCUT2D eigenvalue weighted by molar-refractivity contribution is 6.10. The number of aromatic nitrogens is 1. The van der Waals surface area contributed by atoms with Gasteiger partial charge in [0.25, 0.3) is 0 Å². The molecular formula is C35H43N5O6. The van der Waals surface area contributed by atoms with Crippen LogP contribution in [0.5, 0.6) is 5.75 Å². The maximum atomic E-state index is 13.2. The average molecular weight is 630 g/mol. The van der Waals surface area contributed by atoms with Crippen LogP contribution in [0.1, 0.15) is 61.0 Å². The van der Waals surface area contributed by atoms with Crippen molar-refractivity contribution >= 4 is 45.7 Å².